The van der Waals surface area contributed by atoms with Crippen molar-refractivity contribution in [1.82, 2.24) is 25.5 Å². The van der Waals surface area contributed by atoms with Gasteiger partial charge in [0.1, 0.15) is 25.1 Å². The number of carboxylic acids is 1. The fourth-order valence-electron chi connectivity index (χ4n) is 8.30. The number of nitrogens with one attached hydrogen (secondary N) is 4. The number of alkyl halides is 3. The highest BCUT2D eigenvalue weighted by Gasteiger charge is 2.46. The SMILES string of the molecule is CC[C@@]1(O)C(=O)OCc2c1cc1n(c2=O)Cc2c-1nc1cc(F)c(C)c3c1c2[C@@H](NC(=O)OCc1ccc(NC(=O)[C@H](CCCNC(N)=O)NC(=O)[C@@H](N)C(C)C)cc1)CC3.O=C(O)C(F)(F)F. The number of nitrogens with two attached hydrogens (primary N) is 2. The van der Waals surface area contributed by atoms with E-state index in [2.05, 4.69) is 21.3 Å². The Labute approximate surface area is 384 Å². The van der Waals surface area contributed by atoms with E-state index in [1.165, 1.54) is 10.6 Å². The summed E-state index contributed by atoms with van der Waals surface area (Å²) in [6.45, 7) is 6.78. The number of aliphatic carboxylic acids is 1. The Hall–Kier alpha value is -7.14. The van der Waals surface area contributed by atoms with E-state index in [1.807, 2.05) is 0 Å². The van der Waals surface area contributed by atoms with Crippen molar-refractivity contribution in [2.45, 2.75) is 109 Å². The number of anilines is 1. The molecular weight excluding hydrogens is 905 g/mol. The maximum atomic E-state index is 15.3. The number of aryl methyl sites for hydroxylation is 1. The Kier molecular flexibility index (Phi) is 14.8. The average Bonchev–Trinajstić information content (AvgIpc) is 3.65. The highest BCUT2D eigenvalue weighted by molar-refractivity contribution is 5.98. The van der Waals surface area contributed by atoms with Crippen LogP contribution in [0.2, 0.25) is 0 Å². The quantitative estimate of drug-likeness (QED) is 0.0472. The Morgan fingerprint density at radius 1 is 1.06 bits per heavy atom. The second-order valence-corrected chi connectivity index (χ2v) is 16.9. The van der Waals surface area contributed by atoms with Crippen LogP contribution in [0.15, 0.2) is 41.2 Å². The molecule has 0 radical (unpaired) electrons. The third-order valence-corrected chi connectivity index (χ3v) is 12.1. The number of cyclic esters (lactones) is 1. The predicted octanol–water partition coefficient (Wildman–Crippen LogP) is 3.93. The highest BCUT2D eigenvalue weighted by atomic mass is 19.4. The molecule has 5 amide bonds. The van der Waals surface area contributed by atoms with E-state index in [1.54, 1.807) is 58.0 Å². The first-order valence-electron chi connectivity index (χ1n) is 21.5. The Morgan fingerprint density at radius 3 is 2.35 bits per heavy atom. The van der Waals surface area contributed by atoms with E-state index in [9.17, 15) is 47.0 Å². The Bertz CT molecular complexity index is 2750. The third-order valence-electron chi connectivity index (χ3n) is 12.1. The zero-order chi connectivity index (χ0) is 50.0. The summed E-state index contributed by atoms with van der Waals surface area (Å²) in [4.78, 5) is 90.9. The molecule has 10 N–H and O–H groups in total. The lowest BCUT2D eigenvalue weighted by Crippen LogP contribution is -2.51. The minimum Gasteiger partial charge on any atom is -0.475 e. The molecule has 364 valence electrons. The van der Waals surface area contributed by atoms with Gasteiger partial charge in [-0.15, -0.1) is 0 Å². The van der Waals surface area contributed by atoms with Gasteiger partial charge in [0.25, 0.3) is 5.56 Å². The van der Waals surface area contributed by atoms with Gasteiger partial charge in [-0.25, -0.2) is 28.6 Å². The summed E-state index contributed by atoms with van der Waals surface area (Å²) >= 11 is 0. The molecule has 1 aliphatic carbocycles. The Morgan fingerprint density at radius 2 is 1.74 bits per heavy atom. The number of aliphatic hydroxyl groups is 1. The van der Waals surface area contributed by atoms with Crippen molar-refractivity contribution in [3.63, 3.8) is 0 Å². The summed E-state index contributed by atoms with van der Waals surface area (Å²) in [5, 5.41) is 30.1. The number of pyridine rings is 2. The lowest BCUT2D eigenvalue weighted by atomic mass is 9.81. The summed E-state index contributed by atoms with van der Waals surface area (Å²) in [5.74, 6) is -5.18. The monoisotopic (exact) mass is 954 g/mol. The molecule has 0 fully saturated rings. The molecule has 4 heterocycles. The van der Waals surface area contributed by atoms with Gasteiger partial charge in [0, 0.05) is 34.8 Å². The molecule has 19 nitrogen and oxygen atoms in total. The van der Waals surface area contributed by atoms with Crippen LogP contribution < -0.4 is 38.3 Å². The zero-order valence-electron chi connectivity index (χ0n) is 37.3. The smallest absolute Gasteiger partial charge is 0.475 e. The molecule has 0 saturated carbocycles. The van der Waals surface area contributed by atoms with Gasteiger partial charge < -0.3 is 57.0 Å². The van der Waals surface area contributed by atoms with E-state index in [0.717, 1.165) is 5.56 Å². The number of carbonyl (C=O) groups is 6. The van der Waals surface area contributed by atoms with Crippen molar-refractivity contribution in [3.05, 3.63) is 91.5 Å². The Balaban J connectivity index is 0.00000101. The van der Waals surface area contributed by atoms with Crippen molar-refractivity contribution >= 4 is 52.5 Å². The molecule has 2 aromatic heterocycles. The number of urea groups is 1. The van der Waals surface area contributed by atoms with Crippen LogP contribution in [-0.2, 0) is 60.4 Å². The molecule has 0 unspecified atom stereocenters. The number of carbonyl (C=O) groups excluding carboxylic acids is 5. The summed E-state index contributed by atoms with van der Waals surface area (Å²) < 4.78 is 59.4. The van der Waals surface area contributed by atoms with Crippen molar-refractivity contribution in [3.8, 4) is 11.4 Å². The molecule has 4 aromatic rings. The van der Waals surface area contributed by atoms with Crippen LogP contribution in [0.25, 0.3) is 22.3 Å². The first kappa shape index (κ1) is 50.3. The molecule has 0 bridgehead atoms. The summed E-state index contributed by atoms with van der Waals surface area (Å²) in [5.41, 5.74) is 13.7. The van der Waals surface area contributed by atoms with Gasteiger partial charge in [0.2, 0.25) is 11.8 Å². The maximum Gasteiger partial charge on any atom is 0.490 e. The number of primary amides is 1. The molecule has 4 atom stereocenters. The number of esters is 1. The van der Waals surface area contributed by atoms with Gasteiger partial charge >= 0.3 is 30.2 Å². The first-order valence-corrected chi connectivity index (χ1v) is 21.5. The van der Waals surface area contributed by atoms with Crippen molar-refractivity contribution in [2.75, 3.05) is 11.9 Å². The molecule has 2 aliphatic heterocycles. The normalized spacial score (nSPS) is 17.6. The highest BCUT2D eigenvalue weighted by Crippen LogP contribution is 2.46. The largest absolute Gasteiger partial charge is 0.490 e. The molecule has 68 heavy (non-hydrogen) atoms. The van der Waals surface area contributed by atoms with Gasteiger partial charge in [-0.2, -0.15) is 13.2 Å². The van der Waals surface area contributed by atoms with Crippen molar-refractivity contribution < 1.29 is 66.0 Å². The number of carboxylic acid groups (broad SMARTS) is 1. The number of amides is 5. The average molecular weight is 955 g/mol. The predicted molar refractivity (Wildman–Crippen MR) is 234 cm³/mol. The standard InChI is InChI=1S/C43H49FN8O9.C2HF3O2/c1-5-43(59)27-15-32-36-25(17-52(32)39(55)26(27)19-60-40(43)56)34-29(13-12-24-21(4)28(44)16-31(49-36)33(24)34)51-42(58)61-18-22-8-10-23(11-9-22)48-37(53)30(7-6-14-47-41(46)57)50-38(54)35(45)20(2)3;3-2(4,5)1(6)7/h8-11,15-16,20,29-30,35,59H,5-7,12-14,17-19,45H2,1-4H3,(H,48,53)(H,50,54)(H,51,58)(H3,46,47,57);(H,6,7)/t29-,30-,35-,43-;/m0./s1. The van der Waals surface area contributed by atoms with Crippen LogP contribution >= 0.6 is 0 Å². The number of rotatable bonds is 13. The van der Waals surface area contributed by atoms with Gasteiger partial charge in [-0.3, -0.25) is 14.4 Å². The molecule has 2 aromatic carbocycles. The zero-order valence-corrected chi connectivity index (χ0v) is 37.3. The second-order valence-electron chi connectivity index (χ2n) is 16.9. The molecular formula is C45H50F4N8O11. The molecule has 0 spiro atoms. The van der Waals surface area contributed by atoms with Gasteiger partial charge in [-0.05, 0) is 85.4 Å². The summed E-state index contributed by atoms with van der Waals surface area (Å²) in [6.07, 6.45) is -4.43. The molecule has 0 saturated heterocycles. The molecule has 7 rings (SSSR count). The van der Waals surface area contributed by atoms with E-state index >= 15 is 4.39 Å². The number of aromatic nitrogens is 2. The third kappa shape index (κ3) is 10.4. The van der Waals surface area contributed by atoms with Crippen LogP contribution in [-0.4, -0.2) is 80.4 Å². The van der Waals surface area contributed by atoms with E-state index in [-0.39, 0.29) is 56.2 Å². The summed E-state index contributed by atoms with van der Waals surface area (Å²) in [7, 11) is 0. The molecule has 3 aliphatic rings. The molecule has 23 heteroatoms. The van der Waals surface area contributed by atoms with Crippen LogP contribution in [0.1, 0.15) is 91.4 Å². The van der Waals surface area contributed by atoms with Gasteiger partial charge in [-0.1, -0.05) is 32.9 Å². The number of fused-ring (bicyclic) bond motifs is 5. The second kappa shape index (κ2) is 20.0. The topological polar surface area (TPSA) is 296 Å². The number of benzene rings is 2. The van der Waals surface area contributed by atoms with E-state index in [4.69, 9.17) is 35.8 Å². The lowest BCUT2D eigenvalue weighted by Gasteiger charge is -2.31. The number of halogens is 4. The minimum atomic E-state index is -5.08. The minimum absolute atomic E-state index is 0.0242. The lowest BCUT2D eigenvalue weighted by molar-refractivity contribution is -0.192. The number of ether oxygens (including phenoxy) is 2. The van der Waals surface area contributed by atoms with Gasteiger partial charge in [0.05, 0.1) is 41.1 Å². The number of alkyl carbamates (subject to hydrolysis) is 1. The fourth-order valence-corrected chi connectivity index (χ4v) is 8.30. The van der Waals surface area contributed by atoms with Crippen molar-refractivity contribution in [1.29, 1.82) is 0 Å². The van der Waals surface area contributed by atoms with Crippen LogP contribution in [0, 0.1) is 18.7 Å². The van der Waals surface area contributed by atoms with E-state index in [0.29, 0.717) is 69.5 Å². The number of nitrogens with zero attached hydrogens (tertiary/aromatic N) is 2. The van der Waals surface area contributed by atoms with E-state index < -0.39 is 77.2 Å². The maximum absolute atomic E-state index is 15.3. The van der Waals surface area contributed by atoms with Gasteiger partial charge in [0.15, 0.2) is 5.60 Å². The van der Waals surface area contributed by atoms with Crippen LogP contribution in [0.3, 0.4) is 0 Å². The fraction of sp³-hybridized carbons (Fsp3) is 0.422. The summed E-state index contributed by atoms with van der Waals surface area (Å²) in [6, 6.07) is 6.44. The van der Waals surface area contributed by atoms with Crippen LogP contribution in [0.4, 0.5) is 32.8 Å². The number of hydrogen-bond donors (Lipinski definition) is 8. The van der Waals surface area contributed by atoms with Crippen LogP contribution in [0.5, 0.6) is 0 Å². The van der Waals surface area contributed by atoms with Crippen molar-refractivity contribution in [2.24, 2.45) is 17.4 Å². The first-order chi connectivity index (χ1) is 32.0. The number of hydrogen-bond acceptors (Lipinski definition) is 12.